The monoisotopic (exact) mass is 230 g/mol. The summed E-state index contributed by atoms with van der Waals surface area (Å²) in [6.07, 6.45) is 1.18. The number of benzene rings is 1. The van der Waals surface area contributed by atoms with Crippen molar-refractivity contribution < 1.29 is 4.79 Å². The van der Waals surface area contributed by atoms with Crippen molar-refractivity contribution in [3.05, 3.63) is 28.2 Å². The van der Waals surface area contributed by atoms with E-state index in [0.29, 0.717) is 15.7 Å². The third-order valence-corrected chi connectivity index (χ3v) is 2.10. The molecule has 74 valence electrons. The van der Waals surface area contributed by atoms with E-state index in [1.165, 1.54) is 13.1 Å². The molecule has 0 aliphatic carbocycles. The zero-order chi connectivity index (χ0) is 10.6. The van der Waals surface area contributed by atoms with E-state index in [-0.39, 0.29) is 5.78 Å². The average molecular weight is 231 g/mol. The molecule has 5 heteroatoms. The largest absolute Gasteiger partial charge is 0.293 e. The van der Waals surface area contributed by atoms with Crippen molar-refractivity contribution in [3.8, 4) is 0 Å². The maximum Gasteiger partial charge on any atom is 0.172 e. The average Bonchev–Trinajstić information content (AvgIpc) is 2.10. The van der Waals surface area contributed by atoms with Crippen LogP contribution in [0.15, 0.2) is 23.3 Å². The summed E-state index contributed by atoms with van der Waals surface area (Å²) in [7, 11) is 0. The van der Waals surface area contributed by atoms with Gasteiger partial charge in [-0.05, 0) is 18.2 Å². The number of nitrogens with one attached hydrogen (secondary N) is 1. The van der Waals surface area contributed by atoms with Gasteiger partial charge in [0.15, 0.2) is 5.78 Å². The molecule has 1 rings (SSSR count). The number of anilines is 1. The van der Waals surface area contributed by atoms with Gasteiger partial charge in [-0.1, -0.05) is 23.2 Å². The van der Waals surface area contributed by atoms with Gasteiger partial charge in [-0.25, -0.2) is 0 Å². The van der Waals surface area contributed by atoms with E-state index in [2.05, 4.69) is 10.5 Å². The van der Waals surface area contributed by atoms with Crippen LogP contribution in [-0.2, 0) is 4.79 Å². The summed E-state index contributed by atoms with van der Waals surface area (Å²) in [5.41, 5.74) is 3.33. The first-order chi connectivity index (χ1) is 6.59. The van der Waals surface area contributed by atoms with E-state index in [9.17, 15) is 4.79 Å². The second-order valence-corrected chi connectivity index (χ2v) is 3.42. The van der Waals surface area contributed by atoms with Crippen molar-refractivity contribution in [1.29, 1.82) is 0 Å². The number of Topliss-reactive ketones (excluding diaryl/α,β-unsaturated/α-hetero) is 1. The minimum absolute atomic E-state index is 0.127. The van der Waals surface area contributed by atoms with Crippen LogP contribution in [0.3, 0.4) is 0 Å². The number of ketones is 1. The first-order valence-corrected chi connectivity index (χ1v) is 4.60. The number of hydrogen-bond acceptors (Lipinski definition) is 3. The molecule has 0 unspecified atom stereocenters. The first kappa shape index (κ1) is 11.0. The number of hydrazone groups is 1. The lowest BCUT2D eigenvalue weighted by Gasteiger charge is -2.00. The highest BCUT2D eigenvalue weighted by atomic mass is 35.5. The molecule has 1 N–H and O–H groups in total. The second-order valence-electron chi connectivity index (χ2n) is 2.61. The molecule has 0 amide bonds. The SMILES string of the molecule is CC(=O)C=NNc1ccc(Cl)c(Cl)c1. The van der Waals surface area contributed by atoms with Crippen LogP contribution < -0.4 is 5.43 Å². The highest BCUT2D eigenvalue weighted by Gasteiger charge is 1.97. The van der Waals surface area contributed by atoms with Crippen LogP contribution >= 0.6 is 23.2 Å². The molecule has 0 fully saturated rings. The van der Waals surface area contributed by atoms with Gasteiger partial charge in [0, 0.05) is 6.92 Å². The zero-order valence-corrected chi connectivity index (χ0v) is 8.93. The van der Waals surface area contributed by atoms with Gasteiger partial charge < -0.3 is 0 Å². The molecule has 1 aromatic rings. The molecular weight excluding hydrogens is 223 g/mol. The van der Waals surface area contributed by atoms with Gasteiger partial charge >= 0.3 is 0 Å². The molecule has 3 nitrogen and oxygen atoms in total. The van der Waals surface area contributed by atoms with E-state index in [1.54, 1.807) is 18.2 Å². The van der Waals surface area contributed by atoms with Gasteiger partial charge in [0.1, 0.15) is 0 Å². The maximum atomic E-state index is 10.5. The fourth-order valence-corrected chi connectivity index (χ4v) is 1.06. The lowest BCUT2D eigenvalue weighted by Crippen LogP contribution is -1.95. The summed E-state index contributed by atoms with van der Waals surface area (Å²) in [4.78, 5) is 10.5. The van der Waals surface area contributed by atoms with Gasteiger partial charge in [-0.15, -0.1) is 0 Å². The summed E-state index contributed by atoms with van der Waals surface area (Å²) in [6.45, 7) is 1.42. The van der Waals surface area contributed by atoms with E-state index >= 15 is 0 Å². The van der Waals surface area contributed by atoms with Gasteiger partial charge in [-0.2, -0.15) is 5.10 Å². The quantitative estimate of drug-likeness (QED) is 0.641. The first-order valence-electron chi connectivity index (χ1n) is 3.84. The van der Waals surface area contributed by atoms with E-state index in [4.69, 9.17) is 23.2 Å². The Morgan fingerprint density at radius 2 is 2.14 bits per heavy atom. The van der Waals surface area contributed by atoms with Crippen LogP contribution in [0.4, 0.5) is 5.69 Å². The van der Waals surface area contributed by atoms with Crippen LogP contribution in [0.5, 0.6) is 0 Å². The molecule has 0 saturated heterocycles. The van der Waals surface area contributed by atoms with Crippen molar-refractivity contribution in [1.82, 2.24) is 0 Å². The number of halogens is 2. The van der Waals surface area contributed by atoms with Crippen molar-refractivity contribution in [2.45, 2.75) is 6.92 Å². The van der Waals surface area contributed by atoms with Crippen LogP contribution in [0.1, 0.15) is 6.92 Å². The van der Waals surface area contributed by atoms with Crippen LogP contribution in [0.2, 0.25) is 10.0 Å². The molecule has 0 aliphatic rings. The molecule has 0 aromatic heterocycles. The number of nitrogens with zero attached hydrogens (tertiary/aromatic N) is 1. The zero-order valence-electron chi connectivity index (χ0n) is 7.42. The summed E-state index contributed by atoms with van der Waals surface area (Å²) >= 11 is 11.5. The topological polar surface area (TPSA) is 41.5 Å². The summed E-state index contributed by atoms with van der Waals surface area (Å²) in [5, 5.41) is 4.60. The highest BCUT2D eigenvalue weighted by molar-refractivity contribution is 6.42. The number of rotatable bonds is 3. The Hall–Kier alpha value is -1.06. The molecule has 0 radical (unpaired) electrons. The Balaban J connectivity index is 2.69. The lowest BCUT2D eigenvalue weighted by molar-refractivity contribution is -0.110. The molecule has 0 aliphatic heterocycles. The Kier molecular flexibility index (Phi) is 3.92. The van der Waals surface area contributed by atoms with E-state index < -0.39 is 0 Å². The minimum Gasteiger partial charge on any atom is -0.293 e. The van der Waals surface area contributed by atoms with E-state index in [0.717, 1.165) is 0 Å². The molecule has 0 atom stereocenters. The standard InChI is InChI=1S/C9H8Cl2N2O/c1-6(14)5-12-13-7-2-3-8(10)9(11)4-7/h2-5,13H,1H3. The van der Waals surface area contributed by atoms with Crippen molar-refractivity contribution in [2.75, 3.05) is 5.43 Å². The Bertz CT molecular complexity index is 377. The summed E-state index contributed by atoms with van der Waals surface area (Å²) in [6, 6.07) is 4.99. The third-order valence-electron chi connectivity index (χ3n) is 1.36. The van der Waals surface area contributed by atoms with Gasteiger partial charge in [0.25, 0.3) is 0 Å². The van der Waals surface area contributed by atoms with Gasteiger partial charge in [0.05, 0.1) is 21.9 Å². The number of carbonyl (C=O) groups excluding carboxylic acids is 1. The molecule has 1 aromatic carbocycles. The van der Waals surface area contributed by atoms with Crippen LogP contribution in [0.25, 0.3) is 0 Å². The maximum absolute atomic E-state index is 10.5. The number of carbonyl (C=O) groups is 1. The molecule has 14 heavy (non-hydrogen) atoms. The van der Waals surface area contributed by atoms with Gasteiger partial charge in [-0.3, -0.25) is 10.2 Å². The molecule has 0 saturated carbocycles. The Labute approximate surface area is 91.7 Å². The molecule has 0 bridgehead atoms. The fourth-order valence-electron chi connectivity index (χ4n) is 0.763. The minimum atomic E-state index is -0.127. The van der Waals surface area contributed by atoms with Crippen molar-refractivity contribution in [2.24, 2.45) is 5.10 Å². The van der Waals surface area contributed by atoms with Crippen LogP contribution in [-0.4, -0.2) is 12.0 Å². The predicted octanol–water partition coefficient (Wildman–Crippen LogP) is 2.98. The molecular formula is C9H8Cl2N2O. The Morgan fingerprint density at radius 1 is 1.43 bits per heavy atom. The van der Waals surface area contributed by atoms with Crippen LogP contribution in [0, 0.1) is 0 Å². The molecule has 0 spiro atoms. The third kappa shape index (κ3) is 3.36. The second kappa shape index (κ2) is 4.98. The highest BCUT2D eigenvalue weighted by Crippen LogP contribution is 2.24. The fraction of sp³-hybridized carbons (Fsp3) is 0.111. The molecule has 0 heterocycles. The smallest absolute Gasteiger partial charge is 0.172 e. The summed E-state index contributed by atoms with van der Waals surface area (Å²) < 4.78 is 0. The van der Waals surface area contributed by atoms with Crippen molar-refractivity contribution >= 4 is 40.9 Å². The Morgan fingerprint density at radius 3 is 2.71 bits per heavy atom. The van der Waals surface area contributed by atoms with E-state index in [1.807, 2.05) is 0 Å². The lowest BCUT2D eigenvalue weighted by atomic mass is 10.3. The number of hydrogen-bond donors (Lipinski definition) is 1. The summed E-state index contributed by atoms with van der Waals surface area (Å²) in [5.74, 6) is -0.127. The van der Waals surface area contributed by atoms with Crippen molar-refractivity contribution in [3.63, 3.8) is 0 Å². The predicted molar refractivity (Wildman–Crippen MR) is 59.3 cm³/mol. The van der Waals surface area contributed by atoms with Gasteiger partial charge in [0.2, 0.25) is 0 Å². The normalized spacial score (nSPS) is 10.5.